The first-order valence-electron chi connectivity index (χ1n) is 9.51. The maximum Gasteiger partial charge on any atom is 0.300 e. The van der Waals surface area contributed by atoms with Gasteiger partial charge in [-0.25, -0.2) is 0 Å². The minimum atomic E-state index is -0.665. The van der Waals surface area contributed by atoms with Crippen molar-refractivity contribution in [3.8, 4) is 0 Å². The first-order chi connectivity index (χ1) is 14.0. The SMILES string of the molecule is CCc1ccc(/C(O)=C2/C(=O)C(=O)N(c3cccc(C)c3)C2c2cccs2)cc1. The zero-order valence-corrected chi connectivity index (χ0v) is 17.1. The third-order valence-corrected chi connectivity index (χ3v) is 6.10. The number of carbonyl (C=O) groups is 2. The molecule has 4 rings (SSSR count). The molecule has 146 valence electrons. The first kappa shape index (κ1) is 19.2. The number of rotatable bonds is 4. The molecule has 1 aliphatic heterocycles. The highest BCUT2D eigenvalue weighted by atomic mass is 32.1. The smallest absolute Gasteiger partial charge is 0.300 e. The number of ketones is 1. The summed E-state index contributed by atoms with van der Waals surface area (Å²) in [5, 5.41) is 12.9. The second kappa shape index (κ2) is 7.68. The molecule has 1 aliphatic rings. The number of hydrogen-bond donors (Lipinski definition) is 1. The molecule has 0 spiro atoms. The molecule has 2 aromatic carbocycles. The maximum atomic E-state index is 13.0. The van der Waals surface area contributed by atoms with Crippen molar-refractivity contribution < 1.29 is 14.7 Å². The quantitative estimate of drug-likeness (QED) is 0.368. The molecule has 1 unspecified atom stereocenters. The molecule has 0 aliphatic carbocycles. The number of aryl methyl sites for hydroxylation is 2. The van der Waals surface area contributed by atoms with E-state index in [2.05, 4.69) is 6.92 Å². The molecule has 1 aromatic heterocycles. The van der Waals surface area contributed by atoms with Crippen LogP contribution >= 0.6 is 11.3 Å². The van der Waals surface area contributed by atoms with Crippen molar-refractivity contribution >= 4 is 34.5 Å². The molecule has 5 heteroatoms. The number of amides is 1. The normalized spacial score (nSPS) is 18.4. The van der Waals surface area contributed by atoms with Crippen LogP contribution in [0.25, 0.3) is 5.76 Å². The fourth-order valence-corrected chi connectivity index (χ4v) is 4.47. The van der Waals surface area contributed by atoms with Crippen LogP contribution in [0.1, 0.15) is 34.5 Å². The van der Waals surface area contributed by atoms with Gasteiger partial charge in [-0.1, -0.05) is 49.4 Å². The molecular weight excluding hydrogens is 382 g/mol. The topological polar surface area (TPSA) is 57.6 Å². The number of aliphatic hydroxyl groups excluding tert-OH is 1. The van der Waals surface area contributed by atoms with E-state index >= 15 is 0 Å². The van der Waals surface area contributed by atoms with Crippen LogP contribution in [0.4, 0.5) is 5.69 Å². The molecule has 1 amide bonds. The largest absolute Gasteiger partial charge is 0.507 e. The van der Waals surface area contributed by atoms with Gasteiger partial charge in [0.2, 0.25) is 0 Å². The van der Waals surface area contributed by atoms with E-state index < -0.39 is 17.7 Å². The molecule has 29 heavy (non-hydrogen) atoms. The van der Waals surface area contributed by atoms with E-state index in [1.165, 1.54) is 16.2 Å². The van der Waals surface area contributed by atoms with Crippen LogP contribution < -0.4 is 4.90 Å². The number of nitrogens with zero attached hydrogens (tertiary/aromatic N) is 1. The first-order valence-corrected chi connectivity index (χ1v) is 10.4. The number of hydrogen-bond acceptors (Lipinski definition) is 4. The van der Waals surface area contributed by atoms with Crippen LogP contribution in [0.2, 0.25) is 0 Å². The Morgan fingerprint density at radius 2 is 1.83 bits per heavy atom. The van der Waals surface area contributed by atoms with Crippen molar-refractivity contribution in [3.05, 3.63) is 93.2 Å². The zero-order chi connectivity index (χ0) is 20.5. The number of aliphatic hydroxyl groups is 1. The molecule has 1 fully saturated rings. The van der Waals surface area contributed by atoms with E-state index in [4.69, 9.17) is 0 Å². The summed E-state index contributed by atoms with van der Waals surface area (Å²) in [4.78, 5) is 28.3. The van der Waals surface area contributed by atoms with Gasteiger partial charge in [-0.05, 0) is 48.1 Å². The average Bonchev–Trinajstić information content (AvgIpc) is 3.35. The predicted octanol–water partition coefficient (Wildman–Crippen LogP) is 5.25. The number of carbonyl (C=O) groups excluding carboxylic acids is 2. The lowest BCUT2D eigenvalue weighted by Crippen LogP contribution is -2.29. The Hall–Kier alpha value is -3.18. The lowest BCUT2D eigenvalue weighted by molar-refractivity contribution is -0.132. The van der Waals surface area contributed by atoms with Crippen molar-refractivity contribution in [2.45, 2.75) is 26.3 Å². The van der Waals surface area contributed by atoms with Gasteiger partial charge in [0.25, 0.3) is 11.7 Å². The summed E-state index contributed by atoms with van der Waals surface area (Å²) >= 11 is 1.46. The Bertz CT molecular complexity index is 1100. The van der Waals surface area contributed by atoms with E-state index in [0.717, 1.165) is 22.4 Å². The minimum absolute atomic E-state index is 0.128. The average molecular weight is 404 g/mol. The van der Waals surface area contributed by atoms with Crippen molar-refractivity contribution in [2.75, 3.05) is 4.90 Å². The van der Waals surface area contributed by atoms with Crippen LogP contribution in [-0.2, 0) is 16.0 Å². The van der Waals surface area contributed by atoms with E-state index in [9.17, 15) is 14.7 Å². The highest BCUT2D eigenvalue weighted by Gasteiger charge is 2.47. The molecule has 3 aromatic rings. The fourth-order valence-electron chi connectivity index (χ4n) is 3.65. The highest BCUT2D eigenvalue weighted by molar-refractivity contribution is 7.10. The predicted molar refractivity (Wildman–Crippen MR) is 116 cm³/mol. The highest BCUT2D eigenvalue weighted by Crippen LogP contribution is 2.43. The second-order valence-corrected chi connectivity index (χ2v) is 8.05. The maximum absolute atomic E-state index is 13.0. The van der Waals surface area contributed by atoms with Gasteiger partial charge < -0.3 is 5.11 Å². The van der Waals surface area contributed by atoms with Crippen LogP contribution in [0.3, 0.4) is 0 Å². The third-order valence-electron chi connectivity index (χ3n) is 5.17. The van der Waals surface area contributed by atoms with Crippen LogP contribution in [0.15, 0.2) is 71.6 Å². The van der Waals surface area contributed by atoms with Crippen molar-refractivity contribution in [3.63, 3.8) is 0 Å². The van der Waals surface area contributed by atoms with Gasteiger partial charge in [-0.2, -0.15) is 0 Å². The van der Waals surface area contributed by atoms with Gasteiger partial charge in [0.05, 0.1) is 5.57 Å². The number of benzene rings is 2. The molecule has 2 heterocycles. The fraction of sp³-hybridized carbons (Fsp3) is 0.167. The minimum Gasteiger partial charge on any atom is -0.507 e. The molecule has 0 saturated carbocycles. The molecule has 1 N–H and O–H groups in total. The molecule has 0 radical (unpaired) electrons. The van der Waals surface area contributed by atoms with Crippen molar-refractivity contribution in [2.24, 2.45) is 0 Å². The Kier molecular flexibility index (Phi) is 5.07. The van der Waals surface area contributed by atoms with E-state index in [-0.39, 0.29) is 11.3 Å². The van der Waals surface area contributed by atoms with Gasteiger partial charge in [0.1, 0.15) is 11.8 Å². The lowest BCUT2D eigenvalue weighted by Gasteiger charge is -2.24. The summed E-state index contributed by atoms with van der Waals surface area (Å²) < 4.78 is 0. The van der Waals surface area contributed by atoms with Gasteiger partial charge >= 0.3 is 0 Å². The van der Waals surface area contributed by atoms with Crippen molar-refractivity contribution in [1.82, 2.24) is 0 Å². The van der Waals surface area contributed by atoms with E-state index in [1.54, 1.807) is 12.1 Å². The summed E-state index contributed by atoms with van der Waals surface area (Å²) in [7, 11) is 0. The monoisotopic (exact) mass is 403 g/mol. The molecule has 0 bridgehead atoms. The summed E-state index contributed by atoms with van der Waals surface area (Å²) in [5.74, 6) is -1.43. The molecule has 1 atom stereocenters. The van der Waals surface area contributed by atoms with Crippen molar-refractivity contribution in [1.29, 1.82) is 0 Å². The Balaban J connectivity index is 1.90. The van der Waals surface area contributed by atoms with Crippen LogP contribution in [-0.4, -0.2) is 16.8 Å². The van der Waals surface area contributed by atoms with E-state index in [1.807, 2.05) is 60.8 Å². The van der Waals surface area contributed by atoms with Gasteiger partial charge in [-0.15, -0.1) is 11.3 Å². The van der Waals surface area contributed by atoms with Crippen LogP contribution in [0.5, 0.6) is 0 Å². The summed E-state index contributed by atoms with van der Waals surface area (Å²) in [6.07, 6.45) is 0.883. The zero-order valence-electron chi connectivity index (χ0n) is 16.3. The number of Topliss-reactive ketones (excluding diaryl/α,β-unsaturated/α-hetero) is 1. The third kappa shape index (κ3) is 3.38. The summed E-state index contributed by atoms with van der Waals surface area (Å²) in [6, 6.07) is 18.0. The van der Waals surface area contributed by atoms with Gasteiger partial charge in [0, 0.05) is 16.1 Å². The standard InChI is InChI=1S/C24H21NO3S/c1-3-16-9-11-17(12-10-16)22(26)20-21(19-8-5-13-29-19)25(24(28)23(20)27)18-7-4-6-15(2)14-18/h4-14,21,26H,3H2,1-2H3/b22-20-. The summed E-state index contributed by atoms with van der Waals surface area (Å²) in [6.45, 7) is 3.99. The number of anilines is 1. The Morgan fingerprint density at radius 3 is 2.45 bits per heavy atom. The molecule has 1 saturated heterocycles. The molecule has 4 nitrogen and oxygen atoms in total. The molecular formula is C24H21NO3S. The Labute approximate surface area is 173 Å². The van der Waals surface area contributed by atoms with Gasteiger partial charge in [0.15, 0.2) is 0 Å². The van der Waals surface area contributed by atoms with Gasteiger partial charge in [-0.3, -0.25) is 14.5 Å². The lowest BCUT2D eigenvalue weighted by atomic mass is 9.99. The second-order valence-electron chi connectivity index (χ2n) is 7.07. The Morgan fingerprint density at radius 1 is 1.07 bits per heavy atom. The summed E-state index contributed by atoms with van der Waals surface area (Å²) in [5.41, 5.74) is 3.43. The van der Waals surface area contributed by atoms with Crippen LogP contribution in [0, 0.1) is 6.92 Å². The number of thiophene rings is 1. The van der Waals surface area contributed by atoms with E-state index in [0.29, 0.717) is 11.3 Å².